The molecule has 1 aliphatic rings. The van der Waals surface area contributed by atoms with Gasteiger partial charge in [-0.25, -0.2) is 4.79 Å². The molecule has 0 radical (unpaired) electrons. The molecule has 1 heterocycles. The fourth-order valence-electron chi connectivity index (χ4n) is 2.18. The van der Waals surface area contributed by atoms with E-state index in [1.807, 2.05) is 5.32 Å². The van der Waals surface area contributed by atoms with Crippen molar-refractivity contribution in [2.75, 3.05) is 32.2 Å². The second-order valence-electron chi connectivity index (χ2n) is 5.40. The summed E-state index contributed by atoms with van der Waals surface area (Å²) in [5.74, 6) is -0.160. The minimum atomic E-state index is -1.69. The summed E-state index contributed by atoms with van der Waals surface area (Å²) in [6, 6.07) is 4.89. The molecule has 1 aliphatic heterocycles. The largest absolute Gasteiger partial charge is 0.497 e. The van der Waals surface area contributed by atoms with E-state index in [-0.39, 0.29) is 0 Å². The van der Waals surface area contributed by atoms with Gasteiger partial charge in [0.1, 0.15) is 11.3 Å². The van der Waals surface area contributed by atoms with Gasteiger partial charge in [-0.05, 0) is 25.1 Å². The van der Waals surface area contributed by atoms with E-state index in [9.17, 15) is 14.7 Å². The number of carboxylic acid groups (broad SMARTS) is 1. The van der Waals surface area contributed by atoms with Gasteiger partial charge in [0.05, 0.1) is 26.9 Å². The molecule has 0 aromatic heterocycles. The molecule has 0 aliphatic carbocycles. The molecule has 1 aromatic rings. The van der Waals surface area contributed by atoms with Gasteiger partial charge >= 0.3 is 6.09 Å². The minimum absolute atomic E-state index is 0.375. The summed E-state index contributed by atoms with van der Waals surface area (Å²) in [6.45, 7) is 1.42. The van der Waals surface area contributed by atoms with Crippen LogP contribution in [0.3, 0.4) is 0 Å². The van der Waals surface area contributed by atoms with Crippen molar-refractivity contribution in [3.05, 3.63) is 23.8 Å². The Morgan fingerprint density at radius 2 is 2.04 bits per heavy atom. The number of methoxy groups -OCH3 is 1. The van der Waals surface area contributed by atoms with Crippen LogP contribution in [0, 0.1) is 0 Å². The highest BCUT2D eigenvalue weighted by Gasteiger charge is 2.35. The Kier molecular flexibility index (Phi) is 5.60. The topological polar surface area (TPSA) is 126 Å². The smallest absolute Gasteiger partial charge is 0.405 e. The molecular weight excluding hydrogens is 320 g/mol. The van der Waals surface area contributed by atoms with Gasteiger partial charge in [-0.3, -0.25) is 4.79 Å². The number of ether oxygens (including phenoxy) is 3. The van der Waals surface area contributed by atoms with Crippen LogP contribution in [-0.2, 0) is 14.3 Å². The molecule has 1 atom stereocenters. The zero-order valence-corrected chi connectivity index (χ0v) is 13.4. The second-order valence-corrected chi connectivity index (χ2v) is 5.40. The fraction of sp³-hybridized carbons (Fsp3) is 0.467. The summed E-state index contributed by atoms with van der Waals surface area (Å²) >= 11 is 0. The van der Waals surface area contributed by atoms with E-state index in [0.29, 0.717) is 30.2 Å². The average Bonchev–Trinajstić information content (AvgIpc) is 3.08. The van der Waals surface area contributed by atoms with Crippen molar-refractivity contribution in [2.24, 2.45) is 0 Å². The standard InChI is InChI=1S/C15H20N2O7/c1-15(8-18,17-14(20)21)13(19)16-11-4-3-9(22-2)7-10(11)12-23-5-6-24-12/h3-4,7,12,17-18H,5-6,8H2,1-2H3,(H,16,19)(H,20,21). The molecule has 2 amide bonds. The number of benzene rings is 1. The van der Waals surface area contributed by atoms with Gasteiger partial charge in [0.15, 0.2) is 6.29 Å². The summed E-state index contributed by atoms with van der Waals surface area (Å²) in [7, 11) is 1.51. The van der Waals surface area contributed by atoms with Crippen LogP contribution in [0.4, 0.5) is 10.5 Å². The molecule has 132 valence electrons. The number of amides is 2. The molecular formula is C15H20N2O7. The monoisotopic (exact) mass is 340 g/mol. The lowest BCUT2D eigenvalue weighted by Gasteiger charge is -2.27. The molecule has 1 unspecified atom stereocenters. The van der Waals surface area contributed by atoms with E-state index >= 15 is 0 Å². The molecule has 4 N–H and O–H groups in total. The van der Waals surface area contributed by atoms with Gasteiger partial charge in [0.2, 0.25) is 0 Å². The molecule has 0 spiro atoms. The van der Waals surface area contributed by atoms with Crippen LogP contribution < -0.4 is 15.4 Å². The Labute approximate surface area is 138 Å². The first-order valence-corrected chi connectivity index (χ1v) is 7.24. The number of nitrogens with one attached hydrogen (secondary N) is 2. The number of rotatable bonds is 6. The van der Waals surface area contributed by atoms with Crippen molar-refractivity contribution in [2.45, 2.75) is 18.8 Å². The zero-order valence-electron chi connectivity index (χ0n) is 13.4. The molecule has 2 rings (SSSR count). The average molecular weight is 340 g/mol. The first kappa shape index (κ1) is 18.0. The number of carbonyl (C=O) groups excluding carboxylic acids is 1. The number of anilines is 1. The summed E-state index contributed by atoms with van der Waals surface area (Å²) in [5, 5.41) is 22.8. The second kappa shape index (κ2) is 7.47. The Hall–Kier alpha value is -2.36. The van der Waals surface area contributed by atoms with E-state index in [1.165, 1.54) is 14.0 Å². The highest BCUT2D eigenvalue weighted by molar-refractivity contribution is 6.00. The number of aliphatic hydroxyl groups excluding tert-OH is 1. The number of aliphatic hydroxyl groups is 1. The lowest BCUT2D eigenvalue weighted by atomic mass is 10.0. The Balaban J connectivity index is 2.27. The van der Waals surface area contributed by atoms with Crippen molar-refractivity contribution in [3.63, 3.8) is 0 Å². The normalized spacial score (nSPS) is 17.1. The molecule has 24 heavy (non-hydrogen) atoms. The summed E-state index contributed by atoms with van der Waals surface area (Å²) in [4.78, 5) is 23.2. The maximum atomic E-state index is 12.4. The van der Waals surface area contributed by atoms with Gasteiger partial charge in [0, 0.05) is 11.3 Å². The lowest BCUT2D eigenvalue weighted by Crippen LogP contribution is -2.57. The Morgan fingerprint density at radius 1 is 1.38 bits per heavy atom. The minimum Gasteiger partial charge on any atom is -0.497 e. The SMILES string of the molecule is COc1ccc(NC(=O)C(C)(CO)NC(=O)O)c(C2OCCO2)c1. The highest BCUT2D eigenvalue weighted by Crippen LogP contribution is 2.33. The highest BCUT2D eigenvalue weighted by atomic mass is 16.7. The zero-order chi connectivity index (χ0) is 17.7. The van der Waals surface area contributed by atoms with Crippen LogP contribution in [0.15, 0.2) is 18.2 Å². The summed E-state index contributed by atoms with van der Waals surface area (Å²) < 4.78 is 16.1. The lowest BCUT2D eigenvalue weighted by molar-refractivity contribution is -0.123. The Morgan fingerprint density at radius 3 is 2.58 bits per heavy atom. The van der Waals surface area contributed by atoms with Gasteiger partial charge < -0.3 is 35.1 Å². The quantitative estimate of drug-likeness (QED) is 0.600. The first-order valence-electron chi connectivity index (χ1n) is 7.24. The van der Waals surface area contributed by atoms with Crippen LogP contribution in [0.2, 0.25) is 0 Å². The van der Waals surface area contributed by atoms with Crippen molar-refractivity contribution in [1.29, 1.82) is 0 Å². The first-order chi connectivity index (χ1) is 11.4. The van der Waals surface area contributed by atoms with Gasteiger partial charge in [-0.1, -0.05) is 0 Å². The molecule has 1 aromatic carbocycles. The van der Waals surface area contributed by atoms with E-state index in [0.717, 1.165) is 0 Å². The predicted octanol–water partition coefficient (Wildman–Crippen LogP) is 0.698. The van der Waals surface area contributed by atoms with Crippen molar-refractivity contribution in [1.82, 2.24) is 5.32 Å². The number of hydrogen-bond donors (Lipinski definition) is 4. The molecule has 0 bridgehead atoms. The van der Waals surface area contributed by atoms with E-state index < -0.39 is 30.4 Å². The maximum Gasteiger partial charge on any atom is 0.405 e. The van der Waals surface area contributed by atoms with Crippen LogP contribution in [0.1, 0.15) is 18.8 Å². The van der Waals surface area contributed by atoms with E-state index in [2.05, 4.69) is 5.32 Å². The molecule has 1 saturated heterocycles. The third-order valence-corrected chi connectivity index (χ3v) is 3.58. The van der Waals surface area contributed by atoms with Gasteiger partial charge in [-0.2, -0.15) is 0 Å². The molecule has 9 nitrogen and oxygen atoms in total. The van der Waals surface area contributed by atoms with Crippen molar-refractivity contribution >= 4 is 17.7 Å². The van der Waals surface area contributed by atoms with Crippen LogP contribution in [0.5, 0.6) is 5.75 Å². The molecule has 1 fully saturated rings. The van der Waals surface area contributed by atoms with Crippen LogP contribution in [-0.4, -0.2) is 54.7 Å². The third kappa shape index (κ3) is 3.94. The van der Waals surface area contributed by atoms with E-state index in [1.54, 1.807) is 18.2 Å². The summed E-state index contributed by atoms with van der Waals surface area (Å²) in [6.07, 6.45) is -2.08. The van der Waals surface area contributed by atoms with Crippen LogP contribution in [0.25, 0.3) is 0 Å². The van der Waals surface area contributed by atoms with Crippen molar-refractivity contribution in [3.8, 4) is 5.75 Å². The molecule has 0 saturated carbocycles. The fourth-order valence-corrected chi connectivity index (χ4v) is 2.18. The molecule has 9 heteroatoms. The number of hydrogen-bond acceptors (Lipinski definition) is 6. The third-order valence-electron chi connectivity index (χ3n) is 3.58. The van der Waals surface area contributed by atoms with Gasteiger partial charge in [0.25, 0.3) is 5.91 Å². The Bertz CT molecular complexity index is 616. The van der Waals surface area contributed by atoms with Crippen LogP contribution >= 0.6 is 0 Å². The summed E-state index contributed by atoms with van der Waals surface area (Å²) in [5.41, 5.74) is -0.782. The predicted molar refractivity (Wildman–Crippen MR) is 82.9 cm³/mol. The number of carbonyl (C=O) groups is 2. The van der Waals surface area contributed by atoms with Gasteiger partial charge in [-0.15, -0.1) is 0 Å². The van der Waals surface area contributed by atoms with Crippen molar-refractivity contribution < 1.29 is 34.0 Å². The van der Waals surface area contributed by atoms with E-state index in [4.69, 9.17) is 19.3 Å². The maximum absolute atomic E-state index is 12.4.